The highest BCUT2D eigenvalue weighted by Crippen LogP contribution is 2.64. The van der Waals surface area contributed by atoms with Crippen LogP contribution in [0.3, 0.4) is 0 Å². The van der Waals surface area contributed by atoms with E-state index in [2.05, 4.69) is 16.0 Å². The number of ether oxygens (including phenoxy) is 2. The maximum atomic E-state index is 13.5. The van der Waals surface area contributed by atoms with Crippen molar-refractivity contribution in [3.05, 3.63) is 0 Å². The highest BCUT2D eigenvalue weighted by atomic mass is 16.6. The third-order valence-corrected chi connectivity index (χ3v) is 7.43. The van der Waals surface area contributed by atoms with Crippen LogP contribution in [0.5, 0.6) is 0 Å². The average molecular weight is 510 g/mol. The Labute approximate surface area is 211 Å². The number of methoxy groups -OCH3 is 1. The smallest absolute Gasteiger partial charge is 0.408 e. The van der Waals surface area contributed by atoms with E-state index in [1.54, 1.807) is 20.8 Å². The van der Waals surface area contributed by atoms with Crippen LogP contribution >= 0.6 is 0 Å². The number of nitrogens with zero attached hydrogens (tertiary/aromatic N) is 1. The largest absolute Gasteiger partial charge is 0.444 e. The van der Waals surface area contributed by atoms with Gasteiger partial charge in [-0.15, -0.1) is 0 Å². The Hall–Kier alpha value is -2.89. The molecule has 12 nitrogen and oxygen atoms in total. The third-order valence-electron chi connectivity index (χ3n) is 7.43. The summed E-state index contributed by atoms with van der Waals surface area (Å²) in [6.07, 6.45) is -0.121. The number of likely N-dealkylation sites (tertiary alicyclic amines) is 1. The van der Waals surface area contributed by atoms with E-state index in [1.807, 2.05) is 13.8 Å². The van der Waals surface area contributed by atoms with E-state index in [-0.39, 0.29) is 36.2 Å². The van der Waals surface area contributed by atoms with Crippen LogP contribution in [0.15, 0.2) is 0 Å². The molecule has 1 aliphatic carbocycles. The number of carbonyl (C=O) groups excluding carboxylic acids is 5. The van der Waals surface area contributed by atoms with Crippen molar-refractivity contribution in [3.8, 4) is 0 Å². The number of rotatable bonds is 9. The number of primary amides is 1. The first-order valence-electron chi connectivity index (χ1n) is 12.3. The van der Waals surface area contributed by atoms with Gasteiger partial charge < -0.3 is 36.1 Å². The lowest BCUT2D eigenvalue weighted by Gasteiger charge is -2.33. The van der Waals surface area contributed by atoms with Crippen molar-refractivity contribution in [3.63, 3.8) is 0 Å². The Balaban J connectivity index is 1.76. The fourth-order valence-corrected chi connectivity index (χ4v) is 5.46. The normalized spacial score (nSPS) is 27.9. The zero-order chi connectivity index (χ0) is 27.0. The second-order valence-electron chi connectivity index (χ2n) is 11.5. The van der Waals surface area contributed by atoms with Crippen LogP contribution in [0.4, 0.5) is 4.79 Å². The Morgan fingerprint density at radius 3 is 2.39 bits per heavy atom. The van der Waals surface area contributed by atoms with Gasteiger partial charge in [0.15, 0.2) is 0 Å². The van der Waals surface area contributed by atoms with Crippen LogP contribution < -0.4 is 21.7 Å². The summed E-state index contributed by atoms with van der Waals surface area (Å²) in [7, 11) is 1.41. The van der Waals surface area contributed by atoms with Crippen LogP contribution in [0.1, 0.15) is 47.5 Å². The molecule has 0 spiro atoms. The molecular weight excluding hydrogens is 470 g/mol. The number of carbonyl (C=O) groups is 5. The Morgan fingerprint density at radius 1 is 1.19 bits per heavy atom. The molecule has 0 bridgehead atoms. The fourth-order valence-electron chi connectivity index (χ4n) is 5.46. The van der Waals surface area contributed by atoms with Crippen molar-refractivity contribution in [1.29, 1.82) is 0 Å². The molecule has 2 saturated heterocycles. The second-order valence-corrected chi connectivity index (χ2v) is 11.5. The highest BCUT2D eigenvalue weighted by Gasteiger charge is 2.69. The molecule has 5 amide bonds. The van der Waals surface area contributed by atoms with E-state index >= 15 is 0 Å². The van der Waals surface area contributed by atoms with Crippen LogP contribution in [0, 0.1) is 23.2 Å². The van der Waals surface area contributed by atoms with Crippen molar-refractivity contribution in [2.75, 3.05) is 26.8 Å². The quantitative estimate of drug-likeness (QED) is 0.325. The molecule has 3 fully saturated rings. The van der Waals surface area contributed by atoms with Crippen LogP contribution in [-0.4, -0.2) is 85.2 Å². The van der Waals surface area contributed by atoms with Gasteiger partial charge in [0.05, 0.1) is 6.61 Å². The minimum Gasteiger partial charge on any atom is -0.444 e. The van der Waals surface area contributed by atoms with E-state index in [4.69, 9.17) is 15.2 Å². The highest BCUT2D eigenvalue weighted by molar-refractivity contribution is 5.95. The zero-order valence-corrected chi connectivity index (χ0v) is 21.9. The SMILES string of the molecule is COCC(NC(=O)OC(C)(C)C)C(=O)N1C[C@H]2[C@@H]([C@H]1C(=O)NC(C[C@@H]1CCNC1=O)C(N)=O)C2(C)C. The second kappa shape index (κ2) is 10.2. The maximum Gasteiger partial charge on any atom is 0.408 e. The van der Waals surface area contributed by atoms with Gasteiger partial charge in [-0.25, -0.2) is 4.79 Å². The monoisotopic (exact) mass is 509 g/mol. The van der Waals surface area contributed by atoms with Gasteiger partial charge in [0.1, 0.15) is 23.7 Å². The molecule has 2 unspecified atom stereocenters. The molecule has 3 rings (SSSR count). The van der Waals surface area contributed by atoms with Crippen molar-refractivity contribution in [2.45, 2.75) is 71.2 Å². The number of fused-ring (bicyclic) bond motifs is 1. The lowest BCUT2D eigenvalue weighted by Crippen LogP contribution is -2.59. The molecule has 202 valence electrons. The van der Waals surface area contributed by atoms with Gasteiger partial charge in [0.25, 0.3) is 0 Å². The van der Waals surface area contributed by atoms with Crippen LogP contribution in [-0.2, 0) is 28.7 Å². The number of alkyl carbamates (subject to hydrolysis) is 1. The third kappa shape index (κ3) is 5.91. The fraction of sp³-hybridized carbons (Fsp3) is 0.792. The van der Waals surface area contributed by atoms with Gasteiger partial charge in [-0.3, -0.25) is 19.2 Å². The van der Waals surface area contributed by atoms with E-state index in [0.29, 0.717) is 19.5 Å². The molecule has 0 radical (unpaired) electrons. The van der Waals surface area contributed by atoms with Crippen LogP contribution in [0.25, 0.3) is 0 Å². The average Bonchev–Trinajstić information content (AvgIpc) is 3.10. The Bertz CT molecular complexity index is 915. The first-order valence-corrected chi connectivity index (χ1v) is 12.3. The summed E-state index contributed by atoms with van der Waals surface area (Å²) in [5, 5.41) is 7.95. The molecule has 0 aromatic rings. The van der Waals surface area contributed by atoms with E-state index < -0.39 is 53.5 Å². The standard InChI is InChI=1S/C24H39N5O7/c1-23(2,3)36-22(34)28-15(11-35-6)21(33)29-10-13-16(24(13,4)5)17(29)20(32)27-14(18(25)30)9-12-7-8-26-19(12)31/h12-17H,7-11H2,1-6H3,(H2,25,30)(H,26,31)(H,27,32)(H,28,34)/t12-,13-,14?,15?,16-,17-/m0/s1. The number of hydrogen-bond acceptors (Lipinski definition) is 7. The number of piperidine rings is 1. The van der Waals surface area contributed by atoms with Gasteiger partial charge in [-0.05, 0) is 50.9 Å². The predicted octanol–water partition coefficient (Wildman–Crippen LogP) is -0.495. The topological polar surface area (TPSA) is 169 Å². The molecule has 0 aromatic heterocycles. The maximum absolute atomic E-state index is 13.5. The minimum atomic E-state index is -1.06. The lowest BCUT2D eigenvalue weighted by atomic mass is 9.96. The molecule has 12 heteroatoms. The number of nitrogens with one attached hydrogen (secondary N) is 3. The minimum absolute atomic E-state index is 0.0922. The van der Waals surface area contributed by atoms with Crippen molar-refractivity contribution in [1.82, 2.24) is 20.9 Å². The summed E-state index contributed by atoms with van der Waals surface area (Å²) in [4.78, 5) is 64.9. The lowest BCUT2D eigenvalue weighted by molar-refractivity contribution is -0.143. The summed E-state index contributed by atoms with van der Waals surface area (Å²) in [5.41, 5.74) is 4.63. The van der Waals surface area contributed by atoms with E-state index in [9.17, 15) is 24.0 Å². The van der Waals surface area contributed by atoms with Gasteiger partial charge in [-0.1, -0.05) is 13.8 Å². The van der Waals surface area contributed by atoms with Gasteiger partial charge in [0, 0.05) is 26.1 Å². The number of amides is 5. The number of nitrogens with two attached hydrogens (primary N) is 1. The molecule has 5 N–H and O–H groups in total. The van der Waals surface area contributed by atoms with Gasteiger partial charge in [-0.2, -0.15) is 0 Å². The molecule has 1 saturated carbocycles. The van der Waals surface area contributed by atoms with Crippen LogP contribution in [0.2, 0.25) is 0 Å². The molecular formula is C24H39N5O7. The molecule has 2 aliphatic heterocycles. The summed E-state index contributed by atoms with van der Waals surface area (Å²) < 4.78 is 10.4. The van der Waals surface area contributed by atoms with Crippen molar-refractivity contribution in [2.24, 2.45) is 28.9 Å². The van der Waals surface area contributed by atoms with E-state index in [0.717, 1.165) is 0 Å². The molecule has 6 atom stereocenters. The van der Waals surface area contributed by atoms with E-state index in [1.165, 1.54) is 12.0 Å². The summed E-state index contributed by atoms with van der Waals surface area (Å²) in [6.45, 7) is 9.92. The van der Waals surface area contributed by atoms with Crippen molar-refractivity contribution >= 4 is 29.7 Å². The Morgan fingerprint density at radius 2 is 1.86 bits per heavy atom. The van der Waals surface area contributed by atoms with Gasteiger partial charge in [0.2, 0.25) is 23.6 Å². The summed E-state index contributed by atoms with van der Waals surface area (Å²) >= 11 is 0. The Kier molecular flexibility index (Phi) is 7.87. The summed E-state index contributed by atoms with van der Waals surface area (Å²) in [5.74, 6) is -2.34. The predicted molar refractivity (Wildman–Crippen MR) is 128 cm³/mol. The first-order chi connectivity index (χ1) is 16.7. The molecule has 2 heterocycles. The molecule has 36 heavy (non-hydrogen) atoms. The molecule has 0 aromatic carbocycles. The first kappa shape index (κ1) is 27.7. The summed E-state index contributed by atoms with van der Waals surface area (Å²) in [6, 6.07) is -2.95. The van der Waals surface area contributed by atoms with Gasteiger partial charge >= 0.3 is 6.09 Å². The molecule has 3 aliphatic rings. The number of hydrogen-bond donors (Lipinski definition) is 4. The zero-order valence-electron chi connectivity index (χ0n) is 21.9. The van der Waals surface area contributed by atoms with Crippen molar-refractivity contribution < 1.29 is 33.4 Å².